The van der Waals surface area contributed by atoms with Gasteiger partial charge < -0.3 is 16.6 Å². The summed E-state index contributed by atoms with van der Waals surface area (Å²) in [4.78, 5) is 17.0. The van der Waals surface area contributed by atoms with Crippen LogP contribution in [0.5, 0.6) is 5.75 Å². The maximum atomic E-state index is 9.99. The van der Waals surface area contributed by atoms with Gasteiger partial charge in [-0.15, -0.1) is 0 Å². The fraction of sp³-hybridized carbons (Fsp3) is 0.200. The number of phenolic OH excluding ortho intramolecular Hbond substituents is 1. The summed E-state index contributed by atoms with van der Waals surface area (Å²) in [5.74, 6) is 0.586. The first kappa shape index (κ1) is 18.3. The van der Waals surface area contributed by atoms with Crippen molar-refractivity contribution in [3.8, 4) is 17.0 Å². The largest absolute Gasteiger partial charge is 0.507 e. The van der Waals surface area contributed by atoms with Crippen LogP contribution in [0.1, 0.15) is 24.1 Å². The molecule has 0 amide bonds. The molecule has 0 atom stereocenters. The molecule has 5 N–H and O–H groups in total. The number of anilines is 1. The molecule has 0 spiro atoms. The smallest absolute Gasteiger partial charge is 0.153 e. The molecule has 138 valence electrons. The average Bonchev–Trinajstić information content (AvgIpc) is 2.69. The summed E-state index contributed by atoms with van der Waals surface area (Å²) in [5.41, 5.74) is 14.6. The van der Waals surface area contributed by atoms with Crippen LogP contribution < -0.4 is 11.5 Å². The van der Waals surface area contributed by atoms with Crippen molar-refractivity contribution >= 4 is 11.7 Å². The minimum absolute atomic E-state index is 0.120. The van der Waals surface area contributed by atoms with Crippen molar-refractivity contribution in [1.82, 2.24) is 15.0 Å². The third kappa shape index (κ3) is 4.78. The van der Waals surface area contributed by atoms with E-state index in [1.807, 2.05) is 18.2 Å². The normalized spacial score (nSPS) is 11.5. The highest BCUT2D eigenvalue weighted by molar-refractivity contribution is 5.99. The van der Waals surface area contributed by atoms with Crippen LogP contribution in [0.25, 0.3) is 11.3 Å². The molecule has 27 heavy (non-hydrogen) atoms. The molecule has 0 unspecified atom stereocenters. The second kappa shape index (κ2) is 8.75. The van der Waals surface area contributed by atoms with E-state index in [-0.39, 0.29) is 17.4 Å². The van der Waals surface area contributed by atoms with Gasteiger partial charge in [-0.25, -0.2) is 9.97 Å². The average molecular weight is 362 g/mol. The van der Waals surface area contributed by atoms with Crippen molar-refractivity contribution in [1.29, 1.82) is 0 Å². The molecule has 3 rings (SSSR count). The van der Waals surface area contributed by atoms with Gasteiger partial charge in [-0.2, -0.15) is 0 Å². The highest BCUT2D eigenvalue weighted by Gasteiger charge is 2.12. The first-order chi connectivity index (χ1) is 13.1. The van der Waals surface area contributed by atoms with Crippen LogP contribution in [0.4, 0.5) is 5.82 Å². The number of para-hydroxylation sites is 1. The highest BCUT2D eigenvalue weighted by atomic mass is 16.3. The number of phenols is 1. The fourth-order valence-electron chi connectivity index (χ4n) is 2.67. The van der Waals surface area contributed by atoms with Crippen molar-refractivity contribution in [2.24, 2.45) is 10.7 Å². The molecule has 0 fully saturated rings. The number of hydrogen-bond acceptors (Lipinski definition) is 6. The summed E-state index contributed by atoms with van der Waals surface area (Å²) in [6, 6.07) is 10.9. The van der Waals surface area contributed by atoms with E-state index in [2.05, 4.69) is 19.9 Å². The number of aliphatic imine (C=N–C) groups is 1. The van der Waals surface area contributed by atoms with Gasteiger partial charge in [0.2, 0.25) is 0 Å². The van der Waals surface area contributed by atoms with Gasteiger partial charge in [0.15, 0.2) is 5.82 Å². The van der Waals surface area contributed by atoms with Crippen LogP contribution in [0, 0.1) is 0 Å². The van der Waals surface area contributed by atoms with Crippen LogP contribution in [0.2, 0.25) is 0 Å². The van der Waals surface area contributed by atoms with Crippen molar-refractivity contribution < 1.29 is 5.11 Å². The minimum Gasteiger partial charge on any atom is -0.507 e. The van der Waals surface area contributed by atoms with Crippen molar-refractivity contribution in [3.05, 3.63) is 66.2 Å². The Morgan fingerprint density at radius 2 is 1.85 bits per heavy atom. The highest BCUT2D eigenvalue weighted by Crippen LogP contribution is 2.27. The number of aromatic nitrogens is 3. The zero-order valence-corrected chi connectivity index (χ0v) is 14.9. The van der Waals surface area contributed by atoms with Gasteiger partial charge in [0.1, 0.15) is 17.3 Å². The molecule has 0 saturated heterocycles. The van der Waals surface area contributed by atoms with Crippen LogP contribution >= 0.6 is 0 Å². The van der Waals surface area contributed by atoms with Crippen molar-refractivity contribution in [2.45, 2.75) is 19.3 Å². The zero-order valence-electron chi connectivity index (χ0n) is 14.9. The quantitative estimate of drug-likeness (QED) is 0.337. The van der Waals surface area contributed by atoms with Crippen molar-refractivity contribution in [2.75, 3.05) is 12.3 Å². The fourth-order valence-corrected chi connectivity index (χ4v) is 2.67. The first-order valence-electron chi connectivity index (χ1n) is 8.75. The zero-order chi connectivity index (χ0) is 19.1. The van der Waals surface area contributed by atoms with Gasteiger partial charge >= 0.3 is 0 Å². The monoisotopic (exact) mass is 362 g/mol. The predicted octanol–water partition coefficient (Wildman–Crippen LogP) is 2.55. The third-order valence-electron chi connectivity index (χ3n) is 4.13. The van der Waals surface area contributed by atoms with Crippen LogP contribution in [0.15, 0.2) is 60.0 Å². The maximum Gasteiger partial charge on any atom is 0.153 e. The third-order valence-corrected chi connectivity index (χ3v) is 4.13. The van der Waals surface area contributed by atoms with E-state index in [1.165, 1.54) is 11.8 Å². The van der Waals surface area contributed by atoms with E-state index in [9.17, 15) is 5.11 Å². The lowest BCUT2D eigenvalue weighted by molar-refractivity contribution is 0.477. The molecule has 3 aromatic rings. The van der Waals surface area contributed by atoms with Gasteiger partial charge in [0.25, 0.3) is 0 Å². The van der Waals surface area contributed by atoms with E-state index in [4.69, 9.17) is 11.5 Å². The molecule has 0 saturated carbocycles. The second-order valence-corrected chi connectivity index (χ2v) is 6.09. The van der Waals surface area contributed by atoms with E-state index < -0.39 is 0 Å². The van der Waals surface area contributed by atoms with Gasteiger partial charge in [-0.3, -0.25) is 9.98 Å². The lowest BCUT2D eigenvalue weighted by atomic mass is 10.1. The van der Waals surface area contributed by atoms with Gasteiger partial charge in [-0.05, 0) is 49.1 Å². The van der Waals surface area contributed by atoms with E-state index in [0.717, 1.165) is 19.3 Å². The lowest BCUT2D eigenvalue weighted by Crippen LogP contribution is -2.19. The summed E-state index contributed by atoms with van der Waals surface area (Å²) in [6.07, 6.45) is 7.98. The maximum absolute atomic E-state index is 9.99. The summed E-state index contributed by atoms with van der Waals surface area (Å²) in [5, 5.41) is 9.99. The minimum atomic E-state index is 0.120. The molecule has 0 aliphatic rings. The molecular weight excluding hydrogens is 340 g/mol. The molecule has 2 aromatic heterocycles. The second-order valence-electron chi connectivity index (χ2n) is 6.09. The van der Waals surface area contributed by atoms with Crippen LogP contribution in [-0.4, -0.2) is 32.4 Å². The summed E-state index contributed by atoms with van der Waals surface area (Å²) in [7, 11) is 0. The Hall–Kier alpha value is -3.48. The summed E-state index contributed by atoms with van der Waals surface area (Å²) >= 11 is 0. The Balaban J connectivity index is 1.65. The number of aromatic hydroxyl groups is 1. The standard InChI is InChI=1S/C20H22N6O/c21-19(24-10-4-3-5-14-8-11-23-12-9-14)18-20(22)25-13-16(26-18)15-6-1-2-7-17(15)27/h1-2,6-9,11-13,27H,3-5,10H2,(H2,21,24)(H2,22,25). The number of pyridine rings is 1. The van der Waals surface area contributed by atoms with Gasteiger partial charge in [0, 0.05) is 24.5 Å². The van der Waals surface area contributed by atoms with Crippen molar-refractivity contribution in [3.63, 3.8) is 0 Å². The van der Waals surface area contributed by atoms with Crippen LogP contribution in [-0.2, 0) is 6.42 Å². The Morgan fingerprint density at radius 1 is 1.07 bits per heavy atom. The first-order valence-corrected chi connectivity index (χ1v) is 8.75. The Morgan fingerprint density at radius 3 is 2.63 bits per heavy atom. The number of hydrogen-bond donors (Lipinski definition) is 3. The molecule has 0 aliphatic carbocycles. The Kier molecular flexibility index (Phi) is 5.94. The molecule has 7 nitrogen and oxygen atoms in total. The number of nitrogen functional groups attached to an aromatic ring is 1. The molecule has 7 heteroatoms. The van der Waals surface area contributed by atoms with E-state index >= 15 is 0 Å². The molecule has 1 aromatic carbocycles. The number of amidine groups is 1. The number of aryl methyl sites for hydroxylation is 1. The number of rotatable bonds is 7. The molecule has 0 bridgehead atoms. The summed E-state index contributed by atoms with van der Waals surface area (Å²) < 4.78 is 0. The van der Waals surface area contributed by atoms with Crippen LogP contribution in [0.3, 0.4) is 0 Å². The summed E-state index contributed by atoms with van der Waals surface area (Å²) in [6.45, 7) is 0.582. The number of nitrogens with two attached hydrogens (primary N) is 2. The molecule has 2 heterocycles. The molecule has 0 radical (unpaired) electrons. The predicted molar refractivity (Wildman–Crippen MR) is 106 cm³/mol. The molecule has 0 aliphatic heterocycles. The lowest BCUT2D eigenvalue weighted by Gasteiger charge is -2.08. The topological polar surface area (TPSA) is 123 Å². The van der Waals surface area contributed by atoms with E-state index in [0.29, 0.717) is 23.5 Å². The number of benzene rings is 1. The van der Waals surface area contributed by atoms with E-state index in [1.54, 1.807) is 30.6 Å². The number of unbranched alkanes of at least 4 members (excludes halogenated alkanes) is 1. The Labute approximate surface area is 157 Å². The Bertz CT molecular complexity index is 927. The SMILES string of the molecule is NC(=NCCCCc1ccncc1)c1nc(-c2ccccc2O)cnc1N. The van der Waals surface area contributed by atoms with Gasteiger partial charge in [-0.1, -0.05) is 12.1 Å². The number of nitrogens with zero attached hydrogens (tertiary/aromatic N) is 4. The van der Waals surface area contributed by atoms with Gasteiger partial charge in [0.05, 0.1) is 11.9 Å². The molecular formula is C20H22N6O.